The predicted molar refractivity (Wildman–Crippen MR) is 72.4 cm³/mol. The molecule has 0 aliphatic heterocycles. The summed E-state index contributed by atoms with van der Waals surface area (Å²) in [6.07, 6.45) is 2.17. The topological polar surface area (TPSA) is 92.2 Å². The minimum absolute atomic E-state index is 0.0808. The van der Waals surface area contributed by atoms with Gasteiger partial charge in [-0.1, -0.05) is 0 Å². The highest BCUT2D eigenvalue weighted by Crippen LogP contribution is 2.24. The highest BCUT2D eigenvalue weighted by molar-refractivity contribution is 5.95. The van der Waals surface area contributed by atoms with E-state index in [9.17, 15) is 14.4 Å². The third-order valence-corrected chi connectivity index (χ3v) is 3.60. The monoisotopic (exact) mass is 274 g/mol. The Morgan fingerprint density at radius 3 is 2.75 bits per heavy atom. The van der Waals surface area contributed by atoms with Gasteiger partial charge in [-0.2, -0.15) is 0 Å². The van der Waals surface area contributed by atoms with Crippen LogP contribution in [0.2, 0.25) is 0 Å². The molecule has 2 aromatic rings. The molecule has 0 spiro atoms. The number of aromatic nitrogens is 1. The van der Waals surface area contributed by atoms with Crippen molar-refractivity contribution in [2.45, 2.75) is 25.7 Å². The Hall–Kier alpha value is -2.37. The quantitative estimate of drug-likeness (QED) is 0.873. The minimum Gasteiger partial charge on any atom is -0.408 e. The van der Waals surface area contributed by atoms with Gasteiger partial charge in [0.05, 0.1) is 5.52 Å². The van der Waals surface area contributed by atoms with Gasteiger partial charge in [0, 0.05) is 24.4 Å². The Morgan fingerprint density at radius 1 is 1.25 bits per heavy atom. The van der Waals surface area contributed by atoms with Gasteiger partial charge in [0.15, 0.2) is 5.58 Å². The van der Waals surface area contributed by atoms with Gasteiger partial charge in [0.1, 0.15) is 5.78 Å². The zero-order valence-electron chi connectivity index (χ0n) is 10.8. The predicted octanol–water partition coefficient (Wildman–Crippen LogP) is 1.82. The van der Waals surface area contributed by atoms with Crippen LogP contribution in [-0.4, -0.2) is 16.7 Å². The third kappa shape index (κ3) is 2.49. The number of benzene rings is 1. The van der Waals surface area contributed by atoms with Gasteiger partial charge in [0.25, 0.3) is 0 Å². The van der Waals surface area contributed by atoms with Gasteiger partial charge in [-0.25, -0.2) is 4.79 Å². The molecule has 2 N–H and O–H groups in total. The fourth-order valence-corrected chi connectivity index (χ4v) is 2.48. The summed E-state index contributed by atoms with van der Waals surface area (Å²) in [4.78, 5) is 36.9. The smallest absolute Gasteiger partial charge is 0.408 e. The first kappa shape index (κ1) is 12.7. The first-order valence-corrected chi connectivity index (χ1v) is 6.57. The van der Waals surface area contributed by atoms with Gasteiger partial charge in [0.2, 0.25) is 5.91 Å². The van der Waals surface area contributed by atoms with E-state index in [0.717, 1.165) is 0 Å². The normalized spacial score (nSPS) is 16.5. The first-order chi connectivity index (χ1) is 9.61. The maximum Gasteiger partial charge on any atom is 0.417 e. The number of oxazole rings is 1. The number of ketones is 1. The molecule has 1 aromatic heterocycles. The lowest BCUT2D eigenvalue weighted by molar-refractivity contribution is -0.125. The molecule has 1 saturated carbocycles. The zero-order chi connectivity index (χ0) is 14.1. The number of hydrogen-bond acceptors (Lipinski definition) is 4. The fraction of sp³-hybridized carbons (Fsp3) is 0.357. The molecule has 0 bridgehead atoms. The largest absolute Gasteiger partial charge is 0.417 e. The highest BCUT2D eigenvalue weighted by Gasteiger charge is 2.24. The summed E-state index contributed by atoms with van der Waals surface area (Å²) in [5, 5.41) is 2.81. The number of carbonyl (C=O) groups is 2. The Labute approximate surface area is 114 Å². The van der Waals surface area contributed by atoms with Crippen molar-refractivity contribution in [1.29, 1.82) is 0 Å². The van der Waals surface area contributed by atoms with Crippen molar-refractivity contribution >= 4 is 28.5 Å². The maximum absolute atomic E-state index is 12.1. The van der Waals surface area contributed by atoms with E-state index in [1.54, 1.807) is 18.2 Å². The van der Waals surface area contributed by atoms with E-state index in [0.29, 0.717) is 42.5 Å². The molecule has 6 nitrogen and oxygen atoms in total. The molecule has 1 aliphatic rings. The van der Waals surface area contributed by atoms with Crippen molar-refractivity contribution in [1.82, 2.24) is 4.98 Å². The van der Waals surface area contributed by atoms with Crippen LogP contribution in [0.4, 0.5) is 5.69 Å². The second kappa shape index (κ2) is 4.96. The Bertz CT molecular complexity index is 718. The average Bonchev–Trinajstić information content (AvgIpc) is 2.78. The molecule has 0 atom stereocenters. The van der Waals surface area contributed by atoms with E-state index in [1.165, 1.54) is 0 Å². The minimum atomic E-state index is -0.519. The van der Waals surface area contributed by atoms with Gasteiger partial charge < -0.3 is 9.73 Å². The lowest BCUT2D eigenvalue weighted by Crippen LogP contribution is -2.27. The maximum atomic E-state index is 12.1. The molecule has 0 saturated heterocycles. The summed E-state index contributed by atoms with van der Waals surface area (Å²) in [6, 6.07) is 4.98. The van der Waals surface area contributed by atoms with Crippen LogP contribution in [0, 0.1) is 5.92 Å². The average molecular weight is 274 g/mol. The lowest BCUT2D eigenvalue weighted by Gasteiger charge is -2.20. The number of H-pyrrole nitrogens is 1. The van der Waals surface area contributed by atoms with E-state index in [4.69, 9.17) is 4.42 Å². The van der Waals surface area contributed by atoms with E-state index < -0.39 is 5.76 Å². The molecular formula is C14H14N2O4. The molecule has 20 heavy (non-hydrogen) atoms. The van der Waals surface area contributed by atoms with Crippen LogP contribution in [0.25, 0.3) is 11.1 Å². The third-order valence-electron chi connectivity index (χ3n) is 3.60. The van der Waals surface area contributed by atoms with Crippen molar-refractivity contribution in [2.24, 2.45) is 5.92 Å². The summed E-state index contributed by atoms with van der Waals surface area (Å²) in [5.74, 6) is -0.491. The molecule has 104 valence electrons. The number of hydrogen-bond donors (Lipinski definition) is 2. The highest BCUT2D eigenvalue weighted by atomic mass is 16.4. The number of rotatable bonds is 2. The van der Waals surface area contributed by atoms with E-state index >= 15 is 0 Å². The van der Waals surface area contributed by atoms with Crippen molar-refractivity contribution in [3.8, 4) is 0 Å². The number of carbonyl (C=O) groups excluding carboxylic acids is 2. The van der Waals surface area contributed by atoms with Crippen LogP contribution in [0.15, 0.2) is 27.4 Å². The van der Waals surface area contributed by atoms with Crippen LogP contribution in [0.1, 0.15) is 25.7 Å². The van der Waals surface area contributed by atoms with Crippen LogP contribution in [-0.2, 0) is 9.59 Å². The zero-order valence-corrected chi connectivity index (χ0v) is 10.8. The lowest BCUT2D eigenvalue weighted by atomic mass is 9.88. The number of anilines is 1. The van der Waals surface area contributed by atoms with Crippen molar-refractivity contribution in [3.63, 3.8) is 0 Å². The number of aromatic amines is 1. The van der Waals surface area contributed by atoms with Crippen molar-refractivity contribution in [2.75, 3.05) is 5.32 Å². The Kier molecular flexibility index (Phi) is 3.14. The number of amides is 1. The standard InChI is InChI=1S/C14H14N2O4/c17-10-4-1-8(2-5-10)13(18)15-9-3-6-12-11(7-9)16-14(19)20-12/h3,6-8H,1-2,4-5H2,(H,15,18)(H,16,19). The molecule has 1 aromatic carbocycles. The molecule has 0 radical (unpaired) electrons. The molecule has 6 heteroatoms. The van der Waals surface area contributed by atoms with E-state index in [1.807, 2.05) is 0 Å². The summed E-state index contributed by atoms with van der Waals surface area (Å²) in [5.41, 5.74) is 1.61. The van der Waals surface area contributed by atoms with Crippen LogP contribution >= 0.6 is 0 Å². The Balaban J connectivity index is 1.73. The van der Waals surface area contributed by atoms with Gasteiger partial charge in [-0.05, 0) is 31.0 Å². The van der Waals surface area contributed by atoms with Gasteiger partial charge in [-0.3, -0.25) is 14.6 Å². The van der Waals surface area contributed by atoms with E-state index in [-0.39, 0.29) is 17.6 Å². The molecule has 0 unspecified atom stereocenters. The van der Waals surface area contributed by atoms with Crippen LogP contribution < -0.4 is 11.1 Å². The summed E-state index contributed by atoms with van der Waals surface area (Å²) >= 11 is 0. The summed E-state index contributed by atoms with van der Waals surface area (Å²) in [7, 11) is 0. The molecule has 3 rings (SSSR count). The van der Waals surface area contributed by atoms with Gasteiger partial charge >= 0.3 is 5.76 Å². The van der Waals surface area contributed by atoms with Gasteiger partial charge in [-0.15, -0.1) is 0 Å². The molecule has 1 amide bonds. The SMILES string of the molecule is O=C1CCC(C(=O)Nc2ccc3oc(=O)[nH]c3c2)CC1. The number of nitrogens with one attached hydrogen (secondary N) is 2. The molecular weight excluding hydrogens is 260 g/mol. The summed E-state index contributed by atoms with van der Waals surface area (Å²) < 4.78 is 4.89. The fourth-order valence-electron chi connectivity index (χ4n) is 2.48. The van der Waals surface area contributed by atoms with E-state index in [2.05, 4.69) is 10.3 Å². The van der Waals surface area contributed by atoms with Crippen LogP contribution in [0.5, 0.6) is 0 Å². The molecule has 1 heterocycles. The Morgan fingerprint density at radius 2 is 2.00 bits per heavy atom. The molecule has 1 fully saturated rings. The summed E-state index contributed by atoms with van der Waals surface area (Å²) in [6.45, 7) is 0. The number of fused-ring (bicyclic) bond motifs is 1. The number of Topliss-reactive ketones (excluding diaryl/α,β-unsaturated/α-hetero) is 1. The second-order valence-electron chi connectivity index (χ2n) is 5.03. The second-order valence-corrected chi connectivity index (χ2v) is 5.03. The van der Waals surface area contributed by atoms with Crippen molar-refractivity contribution in [3.05, 3.63) is 28.7 Å². The molecule has 1 aliphatic carbocycles. The first-order valence-electron chi connectivity index (χ1n) is 6.57. The van der Waals surface area contributed by atoms with Crippen LogP contribution in [0.3, 0.4) is 0 Å². The van der Waals surface area contributed by atoms with Crippen molar-refractivity contribution < 1.29 is 14.0 Å².